The minimum absolute atomic E-state index is 0.221. The molecular formula is C14H25NO2. The van der Waals surface area contributed by atoms with Crippen molar-refractivity contribution in [3.05, 3.63) is 0 Å². The summed E-state index contributed by atoms with van der Waals surface area (Å²) in [5.74, 6) is 0.768. The van der Waals surface area contributed by atoms with Gasteiger partial charge in [-0.15, -0.1) is 0 Å². The number of carboxylic acid groups (broad SMARTS) is 1. The topological polar surface area (TPSA) is 40.5 Å². The summed E-state index contributed by atoms with van der Waals surface area (Å²) in [6, 6.07) is 0.279. The van der Waals surface area contributed by atoms with Crippen LogP contribution in [0.4, 0.5) is 0 Å². The van der Waals surface area contributed by atoms with Gasteiger partial charge in [0.2, 0.25) is 0 Å². The van der Waals surface area contributed by atoms with Gasteiger partial charge in [-0.25, -0.2) is 0 Å². The average Bonchev–Trinajstić information content (AvgIpc) is 2.33. The molecule has 4 unspecified atom stereocenters. The molecule has 2 fully saturated rings. The van der Waals surface area contributed by atoms with Crippen LogP contribution in [0.3, 0.4) is 0 Å². The quantitative estimate of drug-likeness (QED) is 0.805. The van der Waals surface area contributed by atoms with Crippen molar-refractivity contribution in [2.24, 2.45) is 11.8 Å². The molecule has 4 atom stereocenters. The summed E-state index contributed by atoms with van der Waals surface area (Å²) in [5, 5.41) is 9.35. The number of rotatable bonds is 2. The maximum absolute atomic E-state index is 11.4. The lowest BCUT2D eigenvalue weighted by Gasteiger charge is -2.45. The third kappa shape index (κ3) is 2.65. The van der Waals surface area contributed by atoms with Gasteiger partial charge in [-0.3, -0.25) is 9.69 Å². The minimum atomic E-state index is -0.616. The highest BCUT2D eigenvalue weighted by Crippen LogP contribution is 2.35. The zero-order chi connectivity index (χ0) is 12.4. The Bertz CT molecular complexity index is 279. The van der Waals surface area contributed by atoms with E-state index in [1.165, 1.54) is 25.7 Å². The summed E-state index contributed by atoms with van der Waals surface area (Å²) in [6.07, 6.45) is 6.84. The highest BCUT2D eigenvalue weighted by molar-refractivity contribution is 5.73. The molecule has 17 heavy (non-hydrogen) atoms. The van der Waals surface area contributed by atoms with Gasteiger partial charge >= 0.3 is 5.97 Å². The Labute approximate surface area is 104 Å². The zero-order valence-electron chi connectivity index (χ0n) is 11.1. The molecule has 1 aliphatic heterocycles. The first-order valence-electron chi connectivity index (χ1n) is 7.10. The Morgan fingerprint density at radius 1 is 1.12 bits per heavy atom. The van der Waals surface area contributed by atoms with Crippen LogP contribution in [0.25, 0.3) is 0 Å². The zero-order valence-corrected chi connectivity index (χ0v) is 11.1. The predicted molar refractivity (Wildman–Crippen MR) is 67.9 cm³/mol. The molecule has 0 aromatic carbocycles. The van der Waals surface area contributed by atoms with E-state index in [1.807, 2.05) is 0 Å². The average molecular weight is 239 g/mol. The fourth-order valence-electron chi connectivity index (χ4n) is 3.64. The molecule has 0 radical (unpaired) electrons. The van der Waals surface area contributed by atoms with Crippen LogP contribution in [0.15, 0.2) is 0 Å². The van der Waals surface area contributed by atoms with Gasteiger partial charge in [0.25, 0.3) is 0 Å². The van der Waals surface area contributed by atoms with E-state index in [1.54, 1.807) is 0 Å². The standard InChI is InChI=1S/C14H25NO2/c1-10-6-5-8-12(11(10)2)15-9-4-3-7-13(15)14(16)17/h10-13H,3-9H2,1-2H3,(H,16,17). The van der Waals surface area contributed by atoms with Crippen molar-refractivity contribution in [3.63, 3.8) is 0 Å². The van der Waals surface area contributed by atoms with Gasteiger partial charge in [-0.1, -0.05) is 33.1 Å². The summed E-state index contributed by atoms with van der Waals surface area (Å²) in [7, 11) is 0. The number of aliphatic carboxylic acids is 1. The molecule has 0 aromatic rings. The van der Waals surface area contributed by atoms with Crippen molar-refractivity contribution in [1.29, 1.82) is 0 Å². The molecule has 98 valence electrons. The van der Waals surface area contributed by atoms with Crippen molar-refractivity contribution >= 4 is 5.97 Å². The van der Waals surface area contributed by atoms with E-state index < -0.39 is 5.97 Å². The normalized spacial score (nSPS) is 40.1. The first-order chi connectivity index (χ1) is 8.11. The van der Waals surface area contributed by atoms with E-state index in [9.17, 15) is 9.90 Å². The smallest absolute Gasteiger partial charge is 0.320 e. The summed E-state index contributed by atoms with van der Waals surface area (Å²) < 4.78 is 0. The van der Waals surface area contributed by atoms with Gasteiger partial charge in [-0.2, -0.15) is 0 Å². The Morgan fingerprint density at radius 2 is 1.88 bits per heavy atom. The van der Waals surface area contributed by atoms with Crippen LogP contribution in [0.5, 0.6) is 0 Å². The summed E-state index contributed by atoms with van der Waals surface area (Å²) in [4.78, 5) is 13.7. The minimum Gasteiger partial charge on any atom is -0.480 e. The lowest BCUT2D eigenvalue weighted by atomic mass is 9.76. The molecule has 1 saturated carbocycles. The lowest BCUT2D eigenvalue weighted by Crippen LogP contribution is -2.54. The van der Waals surface area contributed by atoms with Crippen molar-refractivity contribution in [2.45, 2.75) is 64.5 Å². The summed E-state index contributed by atoms with van der Waals surface area (Å²) in [6.45, 7) is 5.61. The number of hydrogen-bond donors (Lipinski definition) is 1. The molecule has 1 aliphatic carbocycles. The van der Waals surface area contributed by atoms with Crippen molar-refractivity contribution in [2.75, 3.05) is 6.54 Å². The molecule has 1 N–H and O–H groups in total. The monoisotopic (exact) mass is 239 g/mol. The van der Waals surface area contributed by atoms with Gasteiger partial charge in [-0.05, 0) is 37.6 Å². The van der Waals surface area contributed by atoms with Crippen LogP contribution < -0.4 is 0 Å². The van der Waals surface area contributed by atoms with Gasteiger partial charge in [0.05, 0.1) is 0 Å². The second-order valence-electron chi connectivity index (χ2n) is 5.92. The molecule has 2 aliphatic rings. The Balaban J connectivity index is 2.09. The molecule has 3 heteroatoms. The maximum Gasteiger partial charge on any atom is 0.320 e. The third-order valence-corrected chi connectivity index (χ3v) is 4.92. The summed E-state index contributed by atoms with van der Waals surface area (Å²) in [5.41, 5.74) is 0. The SMILES string of the molecule is CC1CCCC(N2CCCCC2C(=O)O)C1C. The Hall–Kier alpha value is -0.570. The second kappa shape index (κ2) is 5.38. The van der Waals surface area contributed by atoms with E-state index in [2.05, 4.69) is 18.7 Å². The largest absolute Gasteiger partial charge is 0.480 e. The lowest BCUT2D eigenvalue weighted by molar-refractivity contribution is -0.147. The maximum atomic E-state index is 11.4. The first kappa shape index (κ1) is 12.9. The first-order valence-corrected chi connectivity index (χ1v) is 7.10. The van der Waals surface area contributed by atoms with E-state index in [0.29, 0.717) is 12.0 Å². The van der Waals surface area contributed by atoms with Crippen LogP contribution in [-0.2, 0) is 4.79 Å². The molecule has 0 spiro atoms. The van der Waals surface area contributed by atoms with E-state index in [4.69, 9.17) is 0 Å². The molecule has 3 nitrogen and oxygen atoms in total. The number of hydrogen-bond acceptors (Lipinski definition) is 2. The number of carboxylic acids is 1. The highest BCUT2D eigenvalue weighted by atomic mass is 16.4. The molecule has 2 rings (SSSR count). The molecular weight excluding hydrogens is 214 g/mol. The van der Waals surface area contributed by atoms with Crippen LogP contribution in [-0.4, -0.2) is 34.6 Å². The molecule has 0 aromatic heterocycles. The second-order valence-corrected chi connectivity index (χ2v) is 5.92. The van der Waals surface area contributed by atoms with Crippen LogP contribution in [0.2, 0.25) is 0 Å². The van der Waals surface area contributed by atoms with Crippen LogP contribution >= 0.6 is 0 Å². The molecule has 1 saturated heterocycles. The van der Waals surface area contributed by atoms with E-state index in [0.717, 1.165) is 25.3 Å². The van der Waals surface area contributed by atoms with E-state index >= 15 is 0 Å². The fourth-order valence-corrected chi connectivity index (χ4v) is 3.64. The Morgan fingerprint density at radius 3 is 2.59 bits per heavy atom. The van der Waals surface area contributed by atoms with Gasteiger partial charge in [0, 0.05) is 6.04 Å². The molecule has 0 bridgehead atoms. The summed E-state index contributed by atoms with van der Waals surface area (Å²) >= 11 is 0. The van der Waals surface area contributed by atoms with Crippen LogP contribution in [0, 0.1) is 11.8 Å². The number of carbonyl (C=O) groups is 1. The van der Waals surface area contributed by atoms with Gasteiger partial charge in [0.15, 0.2) is 0 Å². The van der Waals surface area contributed by atoms with E-state index in [-0.39, 0.29) is 6.04 Å². The molecule has 0 amide bonds. The van der Waals surface area contributed by atoms with Crippen molar-refractivity contribution < 1.29 is 9.90 Å². The fraction of sp³-hybridized carbons (Fsp3) is 0.929. The Kier molecular flexibility index (Phi) is 4.08. The molecule has 1 heterocycles. The van der Waals surface area contributed by atoms with Crippen molar-refractivity contribution in [3.8, 4) is 0 Å². The number of likely N-dealkylation sites (tertiary alicyclic amines) is 1. The highest BCUT2D eigenvalue weighted by Gasteiger charge is 2.38. The van der Waals surface area contributed by atoms with Gasteiger partial charge in [0.1, 0.15) is 6.04 Å². The van der Waals surface area contributed by atoms with Gasteiger partial charge < -0.3 is 5.11 Å². The third-order valence-electron chi connectivity index (χ3n) is 4.92. The van der Waals surface area contributed by atoms with Crippen molar-refractivity contribution in [1.82, 2.24) is 4.90 Å². The predicted octanol–water partition coefficient (Wildman–Crippen LogP) is 2.75. The number of nitrogens with zero attached hydrogens (tertiary/aromatic N) is 1. The number of piperidine rings is 1. The van der Waals surface area contributed by atoms with Crippen LogP contribution in [0.1, 0.15) is 52.4 Å².